The number of pyridine rings is 1. The van der Waals surface area contributed by atoms with Gasteiger partial charge in [-0.25, -0.2) is 4.98 Å². The molecule has 0 aromatic carbocycles. The van der Waals surface area contributed by atoms with E-state index in [1.807, 2.05) is 6.07 Å². The quantitative estimate of drug-likeness (QED) is 0.842. The zero-order valence-electron chi connectivity index (χ0n) is 8.72. The van der Waals surface area contributed by atoms with Gasteiger partial charge in [0.15, 0.2) is 0 Å². The smallest absolute Gasteiger partial charge is 0.253 e. The first-order valence-corrected chi connectivity index (χ1v) is 5.57. The van der Waals surface area contributed by atoms with E-state index in [-0.39, 0.29) is 5.56 Å². The summed E-state index contributed by atoms with van der Waals surface area (Å²) in [4.78, 5) is 19.8. The molecule has 0 aliphatic rings. The molecule has 2 heterocycles. The molecule has 0 bridgehead atoms. The van der Waals surface area contributed by atoms with Crippen LogP contribution >= 0.6 is 15.9 Å². The van der Waals surface area contributed by atoms with Crippen LogP contribution in [0.15, 0.2) is 40.1 Å². The van der Waals surface area contributed by atoms with E-state index >= 15 is 0 Å². The summed E-state index contributed by atoms with van der Waals surface area (Å²) in [6, 6.07) is 3.45. The average Bonchev–Trinajstić information content (AvgIpc) is 2.22. The van der Waals surface area contributed by atoms with Gasteiger partial charge in [-0.05, 0) is 34.5 Å². The lowest BCUT2D eigenvalue weighted by Gasteiger charge is -2.05. The first-order valence-electron chi connectivity index (χ1n) is 4.77. The summed E-state index contributed by atoms with van der Waals surface area (Å²) >= 11 is 3.34. The molecule has 0 fully saturated rings. The van der Waals surface area contributed by atoms with Gasteiger partial charge in [0.25, 0.3) is 5.56 Å². The highest BCUT2D eigenvalue weighted by atomic mass is 79.9. The lowest BCUT2D eigenvalue weighted by atomic mass is 10.3. The van der Waals surface area contributed by atoms with Crippen LogP contribution in [0.5, 0.6) is 0 Å². The fourth-order valence-corrected chi connectivity index (χ4v) is 1.79. The summed E-state index contributed by atoms with van der Waals surface area (Å²) in [5, 5.41) is 0. The number of aryl methyl sites for hydroxylation is 1. The van der Waals surface area contributed by atoms with Gasteiger partial charge in [-0.1, -0.05) is 0 Å². The molecule has 82 valence electrons. The summed E-state index contributed by atoms with van der Waals surface area (Å²) in [5.74, 6) is 0. The van der Waals surface area contributed by atoms with E-state index in [1.54, 1.807) is 30.2 Å². The van der Waals surface area contributed by atoms with Crippen molar-refractivity contribution in [2.45, 2.75) is 13.5 Å². The van der Waals surface area contributed by atoms with Crippen LogP contribution in [0.2, 0.25) is 0 Å². The average molecular weight is 280 g/mol. The number of hydrogen-bond donors (Lipinski definition) is 0. The summed E-state index contributed by atoms with van der Waals surface area (Å²) < 4.78 is 2.45. The van der Waals surface area contributed by atoms with Gasteiger partial charge in [-0.2, -0.15) is 0 Å². The zero-order chi connectivity index (χ0) is 11.5. The van der Waals surface area contributed by atoms with Gasteiger partial charge in [-0.15, -0.1) is 0 Å². The van der Waals surface area contributed by atoms with Crippen LogP contribution in [0.25, 0.3) is 0 Å². The Hall–Kier alpha value is -1.49. The number of halogens is 1. The van der Waals surface area contributed by atoms with Gasteiger partial charge in [0, 0.05) is 28.6 Å². The second kappa shape index (κ2) is 4.57. The van der Waals surface area contributed by atoms with Gasteiger partial charge in [0.2, 0.25) is 0 Å². The third-order valence-corrected chi connectivity index (χ3v) is 2.56. The highest BCUT2D eigenvalue weighted by molar-refractivity contribution is 9.10. The topological polar surface area (TPSA) is 47.8 Å². The van der Waals surface area contributed by atoms with Crippen molar-refractivity contribution in [1.82, 2.24) is 14.5 Å². The van der Waals surface area contributed by atoms with Gasteiger partial charge >= 0.3 is 0 Å². The van der Waals surface area contributed by atoms with E-state index in [9.17, 15) is 4.79 Å². The second-order valence-electron chi connectivity index (χ2n) is 3.51. The lowest BCUT2D eigenvalue weighted by molar-refractivity contribution is 0.727. The Balaban J connectivity index is 2.31. The van der Waals surface area contributed by atoms with Gasteiger partial charge in [-0.3, -0.25) is 14.3 Å². The lowest BCUT2D eigenvalue weighted by Crippen LogP contribution is -2.20. The fraction of sp³-hybridized carbons (Fsp3) is 0.182. The molecular formula is C11H10BrN3O. The maximum absolute atomic E-state index is 11.6. The Morgan fingerprint density at radius 2 is 2.19 bits per heavy atom. The summed E-state index contributed by atoms with van der Waals surface area (Å²) in [5.41, 5.74) is 1.64. The van der Waals surface area contributed by atoms with Crippen molar-refractivity contribution in [3.05, 3.63) is 56.9 Å². The van der Waals surface area contributed by atoms with Crippen LogP contribution in [0.1, 0.15) is 11.3 Å². The monoisotopic (exact) mass is 279 g/mol. The molecule has 4 nitrogen and oxygen atoms in total. The summed E-state index contributed by atoms with van der Waals surface area (Å²) in [6.45, 7) is 2.28. The van der Waals surface area contributed by atoms with Gasteiger partial charge in [0.1, 0.15) is 0 Å². The van der Waals surface area contributed by atoms with E-state index in [0.717, 1.165) is 15.7 Å². The van der Waals surface area contributed by atoms with Crippen molar-refractivity contribution in [1.29, 1.82) is 0 Å². The molecule has 0 aliphatic carbocycles. The zero-order valence-corrected chi connectivity index (χ0v) is 10.3. The third-order valence-electron chi connectivity index (χ3n) is 2.13. The molecule has 0 saturated carbocycles. The van der Waals surface area contributed by atoms with Gasteiger partial charge < -0.3 is 0 Å². The highest BCUT2D eigenvalue weighted by Crippen LogP contribution is 2.09. The molecule has 2 aromatic heterocycles. The largest absolute Gasteiger partial charge is 0.295 e. The number of rotatable bonds is 2. The Bertz CT molecular complexity index is 565. The molecular weight excluding hydrogens is 270 g/mol. The van der Waals surface area contributed by atoms with Gasteiger partial charge in [0.05, 0.1) is 12.9 Å². The van der Waals surface area contributed by atoms with E-state index in [0.29, 0.717) is 6.54 Å². The van der Waals surface area contributed by atoms with Crippen molar-refractivity contribution >= 4 is 15.9 Å². The molecule has 0 N–H and O–H groups in total. The van der Waals surface area contributed by atoms with Crippen LogP contribution in [-0.4, -0.2) is 14.5 Å². The molecule has 5 heteroatoms. The summed E-state index contributed by atoms with van der Waals surface area (Å²) in [7, 11) is 0. The molecule has 0 amide bonds. The third kappa shape index (κ3) is 2.55. The van der Waals surface area contributed by atoms with E-state index in [2.05, 4.69) is 25.9 Å². The molecule has 0 unspecified atom stereocenters. The van der Waals surface area contributed by atoms with Crippen LogP contribution < -0.4 is 5.56 Å². The molecule has 0 radical (unpaired) electrons. The highest BCUT2D eigenvalue weighted by Gasteiger charge is 2.00. The molecule has 0 saturated heterocycles. The predicted octanol–water partition coefficient (Wildman–Crippen LogP) is 1.76. The van der Waals surface area contributed by atoms with E-state index < -0.39 is 0 Å². The maximum atomic E-state index is 11.6. The normalized spacial score (nSPS) is 10.4. The van der Waals surface area contributed by atoms with Crippen LogP contribution in [-0.2, 0) is 6.54 Å². The molecule has 0 spiro atoms. The predicted molar refractivity (Wildman–Crippen MR) is 64.3 cm³/mol. The molecule has 0 atom stereocenters. The standard InChI is InChI=1S/C11H10BrN3O/c1-8-2-11(16)15(7-14-8)6-9-3-10(12)5-13-4-9/h2-5,7H,6H2,1H3. The summed E-state index contributed by atoms with van der Waals surface area (Å²) in [6.07, 6.45) is 5.00. The maximum Gasteiger partial charge on any atom is 0.253 e. The van der Waals surface area contributed by atoms with Crippen LogP contribution in [0.3, 0.4) is 0 Å². The van der Waals surface area contributed by atoms with Crippen LogP contribution in [0, 0.1) is 6.92 Å². The molecule has 16 heavy (non-hydrogen) atoms. The van der Waals surface area contributed by atoms with Crippen molar-refractivity contribution in [3.63, 3.8) is 0 Å². The van der Waals surface area contributed by atoms with Crippen molar-refractivity contribution < 1.29 is 0 Å². The minimum Gasteiger partial charge on any atom is -0.295 e. The van der Waals surface area contributed by atoms with Crippen molar-refractivity contribution in [2.24, 2.45) is 0 Å². The SMILES string of the molecule is Cc1cc(=O)n(Cc2cncc(Br)c2)cn1. The second-order valence-corrected chi connectivity index (χ2v) is 4.42. The minimum atomic E-state index is -0.0486. The first kappa shape index (κ1) is 11.0. The number of nitrogens with zero attached hydrogens (tertiary/aromatic N) is 3. The number of hydrogen-bond acceptors (Lipinski definition) is 3. The Labute approximate surface area is 101 Å². The first-order chi connectivity index (χ1) is 7.65. The molecule has 0 aliphatic heterocycles. The fourth-order valence-electron chi connectivity index (χ4n) is 1.37. The van der Waals surface area contributed by atoms with Crippen molar-refractivity contribution in [3.8, 4) is 0 Å². The van der Waals surface area contributed by atoms with Crippen molar-refractivity contribution in [2.75, 3.05) is 0 Å². The Morgan fingerprint density at radius 3 is 2.88 bits per heavy atom. The Morgan fingerprint density at radius 1 is 1.38 bits per heavy atom. The molecule has 2 rings (SSSR count). The van der Waals surface area contributed by atoms with E-state index in [4.69, 9.17) is 0 Å². The minimum absolute atomic E-state index is 0.0486. The Kier molecular flexibility index (Phi) is 3.14. The molecule has 2 aromatic rings. The van der Waals surface area contributed by atoms with E-state index in [1.165, 1.54) is 6.07 Å². The van der Waals surface area contributed by atoms with Crippen LogP contribution in [0.4, 0.5) is 0 Å². The number of aromatic nitrogens is 3.